The summed E-state index contributed by atoms with van der Waals surface area (Å²) >= 11 is 0. The number of ether oxygens (including phenoxy) is 1. The van der Waals surface area contributed by atoms with Crippen molar-refractivity contribution in [2.45, 2.75) is 53.9 Å². The number of imidazole rings is 1. The topological polar surface area (TPSA) is 44.1 Å². The molecule has 0 aliphatic heterocycles. The maximum atomic E-state index is 12.4. The maximum Gasteiger partial charge on any atom is 0.419 e. The molecule has 0 spiro atoms. The van der Waals surface area contributed by atoms with Gasteiger partial charge in [-0.3, -0.25) is 0 Å². The van der Waals surface area contributed by atoms with Gasteiger partial charge >= 0.3 is 6.09 Å². The van der Waals surface area contributed by atoms with Crippen molar-refractivity contribution in [2.24, 2.45) is 5.41 Å². The lowest BCUT2D eigenvalue weighted by Gasteiger charge is -2.19. The SMILES string of the molecule is Cc1cccc([C@H](C)c2nccn2C(=O)OCCC(C)(C)C)c1C. The lowest BCUT2D eigenvalue weighted by Crippen LogP contribution is -2.20. The fraction of sp³-hybridized carbons (Fsp3) is 0.500. The number of aromatic nitrogens is 2. The molecule has 130 valence electrons. The summed E-state index contributed by atoms with van der Waals surface area (Å²) in [6, 6.07) is 6.23. The number of carbonyl (C=O) groups excluding carboxylic acids is 1. The van der Waals surface area contributed by atoms with Gasteiger partial charge in [0.15, 0.2) is 0 Å². The Hall–Kier alpha value is -2.10. The molecule has 24 heavy (non-hydrogen) atoms. The molecule has 0 fully saturated rings. The van der Waals surface area contributed by atoms with Crippen LogP contribution < -0.4 is 0 Å². The van der Waals surface area contributed by atoms with Crippen molar-refractivity contribution in [2.75, 3.05) is 6.61 Å². The smallest absolute Gasteiger partial charge is 0.419 e. The molecular formula is C20H28N2O2. The van der Waals surface area contributed by atoms with Crippen molar-refractivity contribution in [1.82, 2.24) is 9.55 Å². The minimum atomic E-state index is -0.357. The van der Waals surface area contributed by atoms with Crippen LogP contribution in [-0.2, 0) is 4.74 Å². The van der Waals surface area contributed by atoms with Crippen molar-refractivity contribution in [3.8, 4) is 0 Å². The Bertz CT molecular complexity index is 711. The number of hydrogen-bond donors (Lipinski definition) is 0. The van der Waals surface area contributed by atoms with E-state index in [0.29, 0.717) is 12.4 Å². The van der Waals surface area contributed by atoms with Crippen LogP contribution in [0.15, 0.2) is 30.6 Å². The number of benzene rings is 1. The summed E-state index contributed by atoms with van der Waals surface area (Å²) in [5.74, 6) is 0.736. The molecule has 0 N–H and O–H groups in total. The Balaban J connectivity index is 2.17. The molecule has 4 nitrogen and oxygen atoms in total. The van der Waals surface area contributed by atoms with Crippen molar-refractivity contribution in [1.29, 1.82) is 0 Å². The van der Waals surface area contributed by atoms with Crippen LogP contribution in [0.2, 0.25) is 0 Å². The highest BCUT2D eigenvalue weighted by Gasteiger charge is 2.21. The fourth-order valence-electron chi connectivity index (χ4n) is 2.69. The predicted molar refractivity (Wildman–Crippen MR) is 96.5 cm³/mol. The second-order valence-corrected chi connectivity index (χ2v) is 7.59. The Morgan fingerprint density at radius 1 is 1.29 bits per heavy atom. The lowest BCUT2D eigenvalue weighted by atomic mass is 9.93. The van der Waals surface area contributed by atoms with Crippen LogP contribution in [0.5, 0.6) is 0 Å². The molecule has 0 saturated heterocycles. The molecule has 1 atom stereocenters. The molecule has 0 unspecified atom stereocenters. The highest BCUT2D eigenvalue weighted by Crippen LogP contribution is 2.27. The third kappa shape index (κ3) is 4.25. The average Bonchev–Trinajstić information content (AvgIpc) is 2.97. The minimum Gasteiger partial charge on any atom is -0.449 e. The Kier molecular flexibility index (Phi) is 5.47. The van der Waals surface area contributed by atoms with Crippen LogP contribution in [-0.4, -0.2) is 22.3 Å². The second-order valence-electron chi connectivity index (χ2n) is 7.59. The first-order valence-corrected chi connectivity index (χ1v) is 8.47. The molecule has 0 bridgehead atoms. The van der Waals surface area contributed by atoms with Gasteiger partial charge in [0, 0.05) is 18.3 Å². The molecule has 4 heteroatoms. The van der Waals surface area contributed by atoms with E-state index in [1.807, 2.05) is 6.07 Å². The van der Waals surface area contributed by atoms with E-state index in [1.54, 1.807) is 12.4 Å². The zero-order chi connectivity index (χ0) is 17.9. The number of nitrogens with zero attached hydrogens (tertiary/aromatic N) is 2. The van der Waals surface area contributed by atoms with E-state index >= 15 is 0 Å². The number of rotatable bonds is 4. The molecule has 0 aliphatic carbocycles. The van der Waals surface area contributed by atoms with Crippen LogP contribution in [0, 0.1) is 19.3 Å². The molecule has 2 rings (SSSR count). The van der Waals surface area contributed by atoms with E-state index in [0.717, 1.165) is 6.42 Å². The van der Waals surface area contributed by atoms with E-state index in [4.69, 9.17) is 4.74 Å². The van der Waals surface area contributed by atoms with Crippen LogP contribution >= 0.6 is 0 Å². The second kappa shape index (κ2) is 7.20. The maximum absolute atomic E-state index is 12.4. The Labute approximate surface area is 144 Å². The highest BCUT2D eigenvalue weighted by atomic mass is 16.5. The molecule has 1 aromatic heterocycles. The number of hydrogen-bond acceptors (Lipinski definition) is 3. The van der Waals surface area contributed by atoms with Crippen molar-refractivity contribution in [3.63, 3.8) is 0 Å². The van der Waals surface area contributed by atoms with E-state index in [1.165, 1.54) is 21.3 Å². The predicted octanol–water partition coefficient (Wildman–Crippen LogP) is 5.07. The van der Waals surface area contributed by atoms with Crippen LogP contribution in [0.1, 0.15) is 62.5 Å². The van der Waals surface area contributed by atoms with Crippen LogP contribution in [0.25, 0.3) is 0 Å². The van der Waals surface area contributed by atoms with E-state index in [9.17, 15) is 4.79 Å². The summed E-state index contributed by atoms with van der Waals surface area (Å²) in [6.07, 6.45) is 3.80. The summed E-state index contributed by atoms with van der Waals surface area (Å²) in [4.78, 5) is 16.8. The molecule has 1 aromatic carbocycles. The highest BCUT2D eigenvalue weighted by molar-refractivity contribution is 5.71. The summed E-state index contributed by atoms with van der Waals surface area (Å²) < 4.78 is 6.95. The normalized spacial score (nSPS) is 12.9. The van der Waals surface area contributed by atoms with E-state index in [-0.39, 0.29) is 17.4 Å². The fourth-order valence-corrected chi connectivity index (χ4v) is 2.69. The molecular weight excluding hydrogens is 300 g/mol. The van der Waals surface area contributed by atoms with Gasteiger partial charge in [-0.1, -0.05) is 45.9 Å². The van der Waals surface area contributed by atoms with Crippen LogP contribution in [0.4, 0.5) is 4.79 Å². The van der Waals surface area contributed by atoms with Crippen molar-refractivity contribution >= 4 is 6.09 Å². The molecule has 1 heterocycles. The summed E-state index contributed by atoms with van der Waals surface area (Å²) in [6.45, 7) is 13.1. The van der Waals surface area contributed by atoms with Gasteiger partial charge in [0.25, 0.3) is 0 Å². The van der Waals surface area contributed by atoms with Crippen molar-refractivity contribution < 1.29 is 9.53 Å². The lowest BCUT2D eigenvalue weighted by molar-refractivity contribution is 0.132. The molecule has 0 saturated carbocycles. The van der Waals surface area contributed by atoms with Gasteiger partial charge in [0.1, 0.15) is 5.82 Å². The molecule has 0 amide bonds. The molecule has 0 radical (unpaired) electrons. The van der Waals surface area contributed by atoms with Gasteiger partial charge in [-0.05, 0) is 42.4 Å². The van der Waals surface area contributed by atoms with Gasteiger partial charge in [0.05, 0.1) is 6.61 Å². The first-order chi connectivity index (χ1) is 11.2. The summed E-state index contributed by atoms with van der Waals surface area (Å²) in [5.41, 5.74) is 3.81. The molecule has 2 aromatic rings. The Morgan fingerprint density at radius 2 is 2.00 bits per heavy atom. The van der Waals surface area contributed by atoms with Gasteiger partial charge < -0.3 is 4.74 Å². The average molecular weight is 328 g/mol. The monoisotopic (exact) mass is 328 g/mol. The first kappa shape index (κ1) is 18.2. The van der Waals surface area contributed by atoms with E-state index in [2.05, 4.69) is 58.7 Å². The third-order valence-corrected chi connectivity index (χ3v) is 4.44. The zero-order valence-corrected chi connectivity index (χ0v) is 15.6. The minimum absolute atomic E-state index is 0.0232. The van der Waals surface area contributed by atoms with Gasteiger partial charge in [-0.25, -0.2) is 14.3 Å². The largest absolute Gasteiger partial charge is 0.449 e. The van der Waals surface area contributed by atoms with Gasteiger partial charge in [-0.2, -0.15) is 0 Å². The quantitative estimate of drug-likeness (QED) is 0.787. The molecule has 0 aliphatic rings. The number of aryl methyl sites for hydroxylation is 1. The Morgan fingerprint density at radius 3 is 2.67 bits per heavy atom. The first-order valence-electron chi connectivity index (χ1n) is 8.47. The van der Waals surface area contributed by atoms with Gasteiger partial charge in [0.2, 0.25) is 0 Å². The van der Waals surface area contributed by atoms with Crippen LogP contribution in [0.3, 0.4) is 0 Å². The summed E-state index contributed by atoms with van der Waals surface area (Å²) in [5, 5.41) is 0. The third-order valence-electron chi connectivity index (χ3n) is 4.44. The zero-order valence-electron chi connectivity index (χ0n) is 15.6. The summed E-state index contributed by atoms with van der Waals surface area (Å²) in [7, 11) is 0. The number of carbonyl (C=O) groups is 1. The standard InChI is InChI=1S/C20H28N2O2/c1-14-8-7-9-17(15(14)2)16(3)18-21-11-12-22(18)19(23)24-13-10-20(4,5)6/h7-9,11-12,16H,10,13H2,1-6H3/t16-/m0/s1. The van der Waals surface area contributed by atoms with Crippen molar-refractivity contribution in [3.05, 3.63) is 53.1 Å². The van der Waals surface area contributed by atoms with Gasteiger partial charge in [-0.15, -0.1) is 0 Å². The van der Waals surface area contributed by atoms with E-state index < -0.39 is 0 Å².